The number of rotatable bonds is 2. The van der Waals surface area contributed by atoms with Gasteiger partial charge in [0.2, 0.25) is 5.91 Å². The molecule has 1 N–H and O–H groups in total. The van der Waals surface area contributed by atoms with Gasteiger partial charge in [-0.1, -0.05) is 13.8 Å². The lowest BCUT2D eigenvalue weighted by atomic mass is 9.77. The first-order chi connectivity index (χ1) is 8.02. The molecule has 1 amide bonds. The molecular weight excluding hydrogens is 232 g/mol. The maximum absolute atomic E-state index is 12.6. The SMILES string of the molecule is CN(C(=O)C1NCCCC1(C)C)C1CCSC1. The number of thioether (sulfide) groups is 1. The van der Waals surface area contributed by atoms with Gasteiger partial charge in [-0.3, -0.25) is 4.79 Å². The largest absolute Gasteiger partial charge is 0.341 e. The van der Waals surface area contributed by atoms with Crippen LogP contribution in [0.25, 0.3) is 0 Å². The molecule has 0 aromatic rings. The molecule has 2 aliphatic rings. The van der Waals surface area contributed by atoms with Crippen LogP contribution >= 0.6 is 11.8 Å². The first kappa shape index (κ1) is 13.2. The first-order valence-corrected chi connectivity index (χ1v) is 7.75. The zero-order valence-corrected chi connectivity index (χ0v) is 12.0. The van der Waals surface area contributed by atoms with Crippen LogP contribution in [0.3, 0.4) is 0 Å². The molecule has 0 aromatic carbocycles. The third kappa shape index (κ3) is 2.79. The average Bonchev–Trinajstić information content (AvgIpc) is 2.80. The monoisotopic (exact) mass is 256 g/mol. The fourth-order valence-electron chi connectivity index (χ4n) is 2.84. The van der Waals surface area contributed by atoms with Gasteiger partial charge in [-0.05, 0) is 37.0 Å². The third-order valence-corrected chi connectivity index (χ3v) is 5.32. The maximum Gasteiger partial charge on any atom is 0.240 e. The molecule has 2 rings (SSSR count). The van der Waals surface area contributed by atoms with E-state index in [2.05, 4.69) is 19.2 Å². The number of piperidine rings is 1. The van der Waals surface area contributed by atoms with E-state index in [9.17, 15) is 4.79 Å². The molecule has 2 fully saturated rings. The summed E-state index contributed by atoms with van der Waals surface area (Å²) in [7, 11) is 1.98. The van der Waals surface area contributed by atoms with Gasteiger partial charge in [-0.2, -0.15) is 11.8 Å². The van der Waals surface area contributed by atoms with Crippen molar-refractivity contribution in [1.82, 2.24) is 10.2 Å². The maximum atomic E-state index is 12.6. The summed E-state index contributed by atoms with van der Waals surface area (Å²) in [6, 6.07) is 0.457. The Labute approximate surface area is 109 Å². The van der Waals surface area contributed by atoms with E-state index in [1.807, 2.05) is 23.7 Å². The summed E-state index contributed by atoms with van der Waals surface area (Å²) in [4.78, 5) is 14.5. The highest BCUT2D eigenvalue weighted by Gasteiger charge is 2.40. The second kappa shape index (κ2) is 5.19. The number of amides is 1. The summed E-state index contributed by atoms with van der Waals surface area (Å²) >= 11 is 1.96. The Bertz CT molecular complexity index is 287. The van der Waals surface area contributed by atoms with Crippen molar-refractivity contribution in [3.05, 3.63) is 0 Å². The van der Waals surface area contributed by atoms with E-state index in [-0.39, 0.29) is 11.5 Å². The van der Waals surface area contributed by atoms with Crippen LogP contribution < -0.4 is 5.32 Å². The molecule has 0 radical (unpaired) electrons. The minimum Gasteiger partial charge on any atom is -0.341 e. The highest BCUT2D eigenvalue weighted by molar-refractivity contribution is 7.99. The number of carbonyl (C=O) groups is 1. The van der Waals surface area contributed by atoms with Crippen LogP contribution in [0.4, 0.5) is 0 Å². The molecule has 4 heteroatoms. The molecule has 0 bridgehead atoms. The minimum atomic E-state index is 0.00634. The zero-order valence-electron chi connectivity index (χ0n) is 11.2. The molecule has 2 saturated heterocycles. The smallest absolute Gasteiger partial charge is 0.240 e. The molecule has 2 heterocycles. The second-order valence-corrected chi connectivity index (χ2v) is 7.10. The Morgan fingerprint density at radius 3 is 2.82 bits per heavy atom. The van der Waals surface area contributed by atoms with Crippen LogP contribution in [0.15, 0.2) is 0 Å². The van der Waals surface area contributed by atoms with E-state index in [4.69, 9.17) is 0 Å². The molecule has 3 nitrogen and oxygen atoms in total. The highest BCUT2D eigenvalue weighted by Crippen LogP contribution is 2.32. The molecule has 2 atom stereocenters. The highest BCUT2D eigenvalue weighted by atomic mass is 32.2. The minimum absolute atomic E-state index is 0.00634. The van der Waals surface area contributed by atoms with Gasteiger partial charge in [0.15, 0.2) is 0 Å². The summed E-state index contributed by atoms with van der Waals surface area (Å²) in [5, 5.41) is 3.42. The Balaban J connectivity index is 2.02. The van der Waals surface area contributed by atoms with Gasteiger partial charge >= 0.3 is 0 Å². The number of nitrogens with zero attached hydrogens (tertiary/aromatic N) is 1. The Hall–Kier alpha value is -0.220. The predicted octanol–water partition coefficient (Wildman–Crippen LogP) is 1.73. The van der Waals surface area contributed by atoms with E-state index in [1.165, 1.54) is 12.2 Å². The fourth-order valence-corrected chi connectivity index (χ4v) is 4.11. The molecule has 0 aliphatic carbocycles. The lowest BCUT2D eigenvalue weighted by Gasteiger charge is -2.41. The number of hydrogen-bond donors (Lipinski definition) is 1. The first-order valence-electron chi connectivity index (χ1n) is 6.60. The zero-order chi connectivity index (χ0) is 12.5. The summed E-state index contributed by atoms with van der Waals surface area (Å²) < 4.78 is 0. The Morgan fingerprint density at radius 2 is 2.24 bits per heavy atom. The van der Waals surface area contributed by atoms with Crippen molar-refractivity contribution in [3.8, 4) is 0 Å². The Kier molecular flexibility index (Phi) is 4.03. The number of nitrogens with one attached hydrogen (secondary N) is 1. The van der Waals surface area contributed by atoms with Crippen LogP contribution in [-0.2, 0) is 4.79 Å². The summed E-state index contributed by atoms with van der Waals surface area (Å²) in [6.45, 7) is 5.39. The topological polar surface area (TPSA) is 32.3 Å². The van der Waals surface area contributed by atoms with Gasteiger partial charge in [0.1, 0.15) is 0 Å². The molecule has 98 valence electrons. The van der Waals surface area contributed by atoms with Crippen LogP contribution in [0.2, 0.25) is 0 Å². The Morgan fingerprint density at radius 1 is 1.47 bits per heavy atom. The van der Waals surface area contributed by atoms with Gasteiger partial charge in [0, 0.05) is 18.8 Å². The fraction of sp³-hybridized carbons (Fsp3) is 0.923. The molecule has 2 unspecified atom stereocenters. The molecule has 0 saturated carbocycles. The van der Waals surface area contributed by atoms with Gasteiger partial charge in [0.05, 0.1) is 6.04 Å². The van der Waals surface area contributed by atoms with E-state index >= 15 is 0 Å². The molecule has 17 heavy (non-hydrogen) atoms. The van der Waals surface area contributed by atoms with Crippen LogP contribution in [-0.4, -0.2) is 48.0 Å². The second-order valence-electron chi connectivity index (χ2n) is 5.95. The summed E-state index contributed by atoms with van der Waals surface area (Å²) in [5.41, 5.74) is 0.0926. The normalized spacial score (nSPS) is 32.4. The quantitative estimate of drug-likeness (QED) is 0.816. The van der Waals surface area contributed by atoms with Crippen LogP contribution in [0.1, 0.15) is 33.1 Å². The van der Waals surface area contributed by atoms with Crippen molar-refractivity contribution < 1.29 is 4.79 Å². The van der Waals surface area contributed by atoms with Crippen molar-refractivity contribution >= 4 is 17.7 Å². The summed E-state index contributed by atoms with van der Waals surface area (Å²) in [6.07, 6.45) is 3.48. The molecular formula is C13H24N2OS. The average molecular weight is 256 g/mol. The van der Waals surface area contributed by atoms with Crippen LogP contribution in [0, 0.1) is 5.41 Å². The van der Waals surface area contributed by atoms with Gasteiger partial charge in [-0.25, -0.2) is 0 Å². The molecule has 2 aliphatic heterocycles. The van der Waals surface area contributed by atoms with Crippen LogP contribution in [0.5, 0.6) is 0 Å². The third-order valence-electron chi connectivity index (χ3n) is 4.18. The van der Waals surface area contributed by atoms with E-state index in [1.54, 1.807) is 0 Å². The molecule has 0 aromatic heterocycles. The van der Waals surface area contributed by atoms with Gasteiger partial charge < -0.3 is 10.2 Å². The van der Waals surface area contributed by atoms with Crippen molar-refractivity contribution in [2.45, 2.75) is 45.2 Å². The van der Waals surface area contributed by atoms with Crippen molar-refractivity contribution in [2.24, 2.45) is 5.41 Å². The number of hydrogen-bond acceptors (Lipinski definition) is 3. The lowest BCUT2D eigenvalue weighted by Crippen LogP contribution is -2.57. The van der Waals surface area contributed by atoms with Crippen molar-refractivity contribution in [1.29, 1.82) is 0 Å². The number of carbonyl (C=O) groups excluding carboxylic acids is 1. The van der Waals surface area contributed by atoms with E-state index < -0.39 is 0 Å². The lowest BCUT2D eigenvalue weighted by molar-refractivity contribution is -0.137. The van der Waals surface area contributed by atoms with E-state index in [0.29, 0.717) is 11.9 Å². The standard InChI is InChI=1S/C13H24N2OS/c1-13(2)6-4-7-14-11(13)12(16)15(3)10-5-8-17-9-10/h10-11,14H,4-9H2,1-3H3. The summed E-state index contributed by atoms with van der Waals surface area (Å²) in [5.74, 6) is 2.60. The van der Waals surface area contributed by atoms with Crippen molar-refractivity contribution in [3.63, 3.8) is 0 Å². The number of likely N-dealkylation sites (N-methyl/N-ethyl adjacent to an activating group) is 1. The predicted molar refractivity (Wildman–Crippen MR) is 73.3 cm³/mol. The van der Waals surface area contributed by atoms with Gasteiger partial charge in [-0.15, -0.1) is 0 Å². The van der Waals surface area contributed by atoms with Crippen molar-refractivity contribution in [2.75, 3.05) is 25.1 Å². The van der Waals surface area contributed by atoms with Gasteiger partial charge in [0.25, 0.3) is 0 Å². The molecule has 0 spiro atoms. The van der Waals surface area contributed by atoms with E-state index in [0.717, 1.165) is 25.1 Å².